The van der Waals surface area contributed by atoms with Crippen LogP contribution in [-0.2, 0) is 6.54 Å². The summed E-state index contributed by atoms with van der Waals surface area (Å²) in [4.78, 5) is 14.2. The molecule has 5 nitrogen and oxygen atoms in total. The van der Waals surface area contributed by atoms with E-state index >= 15 is 0 Å². The monoisotopic (exact) mass is 314 g/mol. The van der Waals surface area contributed by atoms with Gasteiger partial charge in [-0.3, -0.25) is 4.79 Å². The smallest absolute Gasteiger partial charge is 0.287 e. The van der Waals surface area contributed by atoms with Crippen molar-refractivity contribution in [1.82, 2.24) is 14.7 Å². The Balaban J connectivity index is 2.93. The first kappa shape index (κ1) is 18.0. The van der Waals surface area contributed by atoms with E-state index in [4.69, 9.17) is 11.6 Å². The Morgan fingerprint density at radius 3 is 2.62 bits per heavy atom. The van der Waals surface area contributed by atoms with E-state index in [1.165, 1.54) is 4.68 Å². The molecule has 0 bridgehead atoms. The summed E-state index contributed by atoms with van der Waals surface area (Å²) in [5, 5.41) is 7.78. The quantitative estimate of drug-likeness (QED) is 0.801. The van der Waals surface area contributed by atoms with Crippen LogP contribution >= 0.6 is 11.6 Å². The normalized spacial score (nSPS) is 13.0. The molecule has 0 radical (unpaired) electrons. The lowest BCUT2D eigenvalue weighted by Gasteiger charge is -2.25. The second-order valence-electron chi connectivity index (χ2n) is 6.13. The number of likely N-dealkylation sites (N-methyl/N-ethyl adjacent to an activating group) is 1. The Bertz CT molecular complexity index is 489. The molecule has 6 heteroatoms. The second kappa shape index (κ2) is 8.39. The highest BCUT2D eigenvalue weighted by Crippen LogP contribution is 2.19. The van der Waals surface area contributed by atoms with Crippen molar-refractivity contribution < 1.29 is 0 Å². The highest BCUT2D eigenvalue weighted by atomic mass is 35.5. The van der Waals surface area contributed by atoms with Crippen LogP contribution < -0.4 is 10.9 Å². The van der Waals surface area contributed by atoms with Crippen molar-refractivity contribution >= 4 is 17.3 Å². The van der Waals surface area contributed by atoms with Gasteiger partial charge in [0.15, 0.2) is 0 Å². The Labute approximate surface area is 132 Å². The minimum absolute atomic E-state index is 0.225. The molecule has 0 amide bonds. The average molecular weight is 315 g/mol. The molecule has 1 heterocycles. The van der Waals surface area contributed by atoms with Gasteiger partial charge in [0.1, 0.15) is 5.02 Å². The summed E-state index contributed by atoms with van der Waals surface area (Å²) in [6, 6.07) is 0.237. The van der Waals surface area contributed by atoms with E-state index in [-0.39, 0.29) is 16.6 Å². The zero-order valence-electron chi connectivity index (χ0n) is 13.7. The van der Waals surface area contributed by atoms with Crippen molar-refractivity contribution in [2.45, 2.75) is 46.2 Å². The summed E-state index contributed by atoms with van der Waals surface area (Å²) >= 11 is 6.20. The van der Waals surface area contributed by atoms with E-state index in [2.05, 4.69) is 29.2 Å². The predicted octanol–water partition coefficient (Wildman–Crippen LogP) is 2.69. The van der Waals surface area contributed by atoms with Crippen molar-refractivity contribution in [2.75, 3.05) is 26.0 Å². The van der Waals surface area contributed by atoms with E-state index in [0.29, 0.717) is 18.2 Å². The van der Waals surface area contributed by atoms with Crippen molar-refractivity contribution in [3.05, 3.63) is 21.6 Å². The summed E-state index contributed by atoms with van der Waals surface area (Å²) in [6.07, 6.45) is 3.52. The van der Waals surface area contributed by atoms with Crippen LogP contribution in [0.15, 0.2) is 11.0 Å². The Morgan fingerprint density at radius 2 is 2.10 bits per heavy atom. The maximum absolute atomic E-state index is 12.1. The molecule has 0 fully saturated rings. The van der Waals surface area contributed by atoms with E-state index in [1.807, 2.05) is 21.0 Å². The third-order valence-electron chi connectivity index (χ3n) is 3.12. The Morgan fingerprint density at radius 1 is 1.43 bits per heavy atom. The molecule has 0 saturated heterocycles. The molecule has 1 unspecified atom stereocenters. The number of nitrogens with one attached hydrogen (secondary N) is 1. The largest absolute Gasteiger partial charge is 0.378 e. The van der Waals surface area contributed by atoms with Crippen molar-refractivity contribution in [2.24, 2.45) is 5.92 Å². The van der Waals surface area contributed by atoms with Gasteiger partial charge < -0.3 is 10.2 Å². The van der Waals surface area contributed by atoms with E-state index in [0.717, 1.165) is 19.4 Å². The molecule has 0 aliphatic carbocycles. The summed E-state index contributed by atoms with van der Waals surface area (Å²) in [5.41, 5.74) is 0.401. The van der Waals surface area contributed by atoms with Gasteiger partial charge in [0.05, 0.1) is 11.9 Å². The van der Waals surface area contributed by atoms with Gasteiger partial charge in [-0.1, -0.05) is 32.4 Å². The summed E-state index contributed by atoms with van der Waals surface area (Å²) in [7, 11) is 4.07. The zero-order chi connectivity index (χ0) is 16.0. The molecule has 1 N–H and O–H groups in total. The van der Waals surface area contributed by atoms with Gasteiger partial charge in [-0.2, -0.15) is 5.10 Å². The predicted molar refractivity (Wildman–Crippen MR) is 89.2 cm³/mol. The minimum Gasteiger partial charge on any atom is -0.378 e. The molecule has 0 spiro atoms. The number of aryl methyl sites for hydroxylation is 1. The molecule has 1 rings (SSSR count). The molecule has 120 valence electrons. The maximum Gasteiger partial charge on any atom is 0.287 e. The lowest BCUT2D eigenvalue weighted by atomic mass is 10.0. The fourth-order valence-corrected chi connectivity index (χ4v) is 2.55. The SMILES string of the molecule is CCCn1ncc(NC(CC(C)C)CN(C)C)c(Cl)c1=O. The van der Waals surface area contributed by atoms with Crippen LogP contribution in [0.25, 0.3) is 0 Å². The standard InChI is InChI=1S/C15H27ClN4O/c1-6-7-20-15(21)14(16)13(9-17-20)18-12(8-11(2)3)10-19(4)5/h9,11-12,18H,6-8,10H2,1-5H3. The second-order valence-corrected chi connectivity index (χ2v) is 6.51. The zero-order valence-corrected chi connectivity index (χ0v) is 14.4. The topological polar surface area (TPSA) is 50.2 Å². The highest BCUT2D eigenvalue weighted by Gasteiger charge is 2.16. The van der Waals surface area contributed by atoms with Crippen LogP contribution in [0.5, 0.6) is 0 Å². The average Bonchev–Trinajstić information content (AvgIpc) is 2.37. The van der Waals surface area contributed by atoms with Gasteiger partial charge in [-0.25, -0.2) is 4.68 Å². The molecule has 0 aromatic carbocycles. The molecule has 0 saturated carbocycles. The summed E-state index contributed by atoms with van der Waals surface area (Å²) < 4.78 is 1.41. The highest BCUT2D eigenvalue weighted by molar-refractivity contribution is 6.32. The van der Waals surface area contributed by atoms with Crippen molar-refractivity contribution in [3.63, 3.8) is 0 Å². The number of hydrogen-bond donors (Lipinski definition) is 1. The van der Waals surface area contributed by atoms with Crippen LogP contribution in [0.1, 0.15) is 33.6 Å². The van der Waals surface area contributed by atoms with Gasteiger partial charge in [-0.05, 0) is 32.9 Å². The van der Waals surface area contributed by atoms with Gasteiger partial charge in [0, 0.05) is 19.1 Å². The first-order valence-corrected chi connectivity index (χ1v) is 7.89. The van der Waals surface area contributed by atoms with Crippen molar-refractivity contribution in [3.8, 4) is 0 Å². The Kier molecular flexibility index (Phi) is 7.18. The number of aromatic nitrogens is 2. The third-order valence-corrected chi connectivity index (χ3v) is 3.49. The van der Waals surface area contributed by atoms with Crippen LogP contribution in [0.2, 0.25) is 5.02 Å². The van der Waals surface area contributed by atoms with Crippen LogP contribution in [0.3, 0.4) is 0 Å². The lowest BCUT2D eigenvalue weighted by molar-refractivity contribution is 0.356. The molecular formula is C15H27ClN4O. The number of rotatable bonds is 8. The minimum atomic E-state index is -0.225. The fraction of sp³-hybridized carbons (Fsp3) is 0.733. The van der Waals surface area contributed by atoms with E-state index in [9.17, 15) is 4.79 Å². The summed E-state index contributed by atoms with van der Waals surface area (Å²) in [5.74, 6) is 0.564. The van der Waals surface area contributed by atoms with E-state index < -0.39 is 0 Å². The molecule has 1 aromatic rings. The fourth-order valence-electron chi connectivity index (χ4n) is 2.35. The van der Waals surface area contributed by atoms with Gasteiger partial charge in [0.2, 0.25) is 0 Å². The molecule has 0 aliphatic rings. The molecule has 1 aromatic heterocycles. The van der Waals surface area contributed by atoms with E-state index in [1.54, 1.807) is 6.20 Å². The molecule has 1 atom stereocenters. The van der Waals surface area contributed by atoms with Gasteiger partial charge >= 0.3 is 0 Å². The van der Waals surface area contributed by atoms with Crippen molar-refractivity contribution in [1.29, 1.82) is 0 Å². The van der Waals surface area contributed by atoms with Crippen LogP contribution in [0.4, 0.5) is 5.69 Å². The Hall–Kier alpha value is -1.07. The number of hydrogen-bond acceptors (Lipinski definition) is 4. The van der Waals surface area contributed by atoms with Crippen LogP contribution in [-0.4, -0.2) is 41.4 Å². The van der Waals surface area contributed by atoms with Gasteiger partial charge in [-0.15, -0.1) is 0 Å². The maximum atomic E-state index is 12.1. The summed E-state index contributed by atoms with van der Waals surface area (Å²) in [6.45, 7) is 7.84. The molecule has 0 aliphatic heterocycles. The number of halogens is 1. The van der Waals surface area contributed by atoms with Gasteiger partial charge in [0.25, 0.3) is 5.56 Å². The molecule has 21 heavy (non-hydrogen) atoms. The first-order chi connectivity index (χ1) is 9.85. The lowest BCUT2D eigenvalue weighted by Crippen LogP contribution is -2.34. The molecular weight excluding hydrogens is 288 g/mol. The van der Waals surface area contributed by atoms with Crippen LogP contribution in [0, 0.1) is 5.92 Å². The number of anilines is 1. The number of nitrogens with zero attached hydrogens (tertiary/aromatic N) is 3. The third kappa shape index (κ3) is 5.67. The first-order valence-electron chi connectivity index (χ1n) is 7.52.